The number of rotatable bonds is 5. The van der Waals surface area contributed by atoms with E-state index in [4.69, 9.17) is 4.98 Å². The Balaban J connectivity index is 2.06. The maximum absolute atomic E-state index is 4.70. The fraction of sp³-hybridized carbons (Fsp3) is 0.357. The van der Waals surface area contributed by atoms with Gasteiger partial charge in [0.25, 0.3) is 0 Å². The van der Waals surface area contributed by atoms with Crippen molar-refractivity contribution >= 4 is 39.0 Å². The molecule has 1 atom stereocenters. The lowest BCUT2D eigenvalue weighted by Crippen LogP contribution is -1.93. The molecule has 1 nitrogen and oxygen atoms in total. The molecule has 0 aliphatic carbocycles. The third-order valence-corrected chi connectivity index (χ3v) is 5.61. The molecule has 0 aliphatic rings. The van der Waals surface area contributed by atoms with Crippen LogP contribution in [0.1, 0.15) is 25.3 Å². The van der Waals surface area contributed by atoms with E-state index in [2.05, 4.69) is 47.3 Å². The monoisotopic (exact) mass is 341 g/mol. The summed E-state index contributed by atoms with van der Waals surface area (Å²) in [4.78, 5) is 4.70. The van der Waals surface area contributed by atoms with Crippen LogP contribution in [-0.2, 0) is 5.75 Å². The Bertz CT molecular complexity index is 510. The largest absolute Gasteiger partial charge is 0.240 e. The van der Waals surface area contributed by atoms with Gasteiger partial charge >= 0.3 is 0 Å². The molecule has 18 heavy (non-hydrogen) atoms. The van der Waals surface area contributed by atoms with E-state index in [1.807, 2.05) is 23.9 Å². The summed E-state index contributed by atoms with van der Waals surface area (Å²) >= 11 is 7.23. The van der Waals surface area contributed by atoms with Crippen molar-refractivity contribution in [3.63, 3.8) is 0 Å². The molecule has 0 fully saturated rings. The Hall–Kier alpha value is -0.320. The summed E-state index contributed by atoms with van der Waals surface area (Å²) in [6.45, 7) is 4.50. The second-order valence-electron chi connectivity index (χ2n) is 4.17. The van der Waals surface area contributed by atoms with Crippen LogP contribution < -0.4 is 0 Å². The topological polar surface area (TPSA) is 12.9 Å². The zero-order valence-corrected chi connectivity index (χ0v) is 13.7. The van der Waals surface area contributed by atoms with Crippen LogP contribution in [0.5, 0.6) is 0 Å². The van der Waals surface area contributed by atoms with Gasteiger partial charge in [-0.25, -0.2) is 4.98 Å². The standard InChI is InChI=1S/C14H16BrNS2/c1-3-10(2)17-9-14-16-13(8-18-14)11-5-4-6-12(15)7-11/h4-8,10H,3,9H2,1-2H3. The van der Waals surface area contributed by atoms with Gasteiger partial charge in [0.05, 0.1) is 5.69 Å². The number of thiazole rings is 1. The lowest BCUT2D eigenvalue weighted by Gasteiger charge is -2.05. The Morgan fingerprint density at radius 3 is 3.00 bits per heavy atom. The molecule has 1 unspecified atom stereocenters. The minimum atomic E-state index is 0.711. The number of hydrogen-bond acceptors (Lipinski definition) is 3. The third kappa shape index (κ3) is 3.84. The normalized spacial score (nSPS) is 12.6. The zero-order chi connectivity index (χ0) is 13.0. The maximum Gasteiger partial charge on any atom is 0.103 e. The molecular weight excluding hydrogens is 326 g/mol. The fourth-order valence-corrected chi connectivity index (χ4v) is 3.68. The van der Waals surface area contributed by atoms with E-state index in [1.54, 1.807) is 11.3 Å². The first-order valence-corrected chi connectivity index (χ1v) is 8.73. The number of aromatic nitrogens is 1. The zero-order valence-electron chi connectivity index (χ0n) is 10.5. The number of halogens is 1. The smallest absolute Gasteiger partial charge is 0.103 e. The second kappa shape index (κ2) is 6.73. The Labute approximate surface area is 125 Å². The van der Waals surface area contributed by atoms with E-state index in [1.165, 1.54) is 17.0 Å². The Kier molecular flexibility index (Phi) is 5.27. The van der Waals surface area contributed by atoms with Crippen LogP contribution in [0.15, 0.2) is 34.1 Å². The van der Waals surface area contributed by atoms with Gasteiger partial charge in [0.2, 0.25) is 0 Å². The first-order chi connectivity index (χ1) is 8.69. The average Bonchev–Trinajstić information content (AvgIpc) is 2.84. The summed E-state index contributed by atoms with van der Waals surface area (Å²) in [6.07, 6.45) is 1.22. The first-order valence-electron chi connectivity index (χ1n) is 6.01. The average molecular weight is 342 g/mol. The van der Waals surface area contributed by atoms with Crippen molar-refractivity contribution in [2.75, 3.05) is 0 Å². The van der Waals surface area contributed by atoms with Gasteiger partial charge in [-0.2, -0.15) is 11.8 Å². The summed E-state index contributed by atoms with van der Waals surface area (Å²) < 4.78 is 1.10. The van der Waals surface area contributed by atoms with Crippen LogP contribution in [0.2, 0.25) is 0 Å². The van der Waals surface area contributed by atoms with E-state index >= 15 is 0 Å². The number of hydrogen-bond donors (Lipinski definition) is 0. The Morgan fingerprint density at radius 2 is 2.28 bits per heavy atom. The lowest BCUT2D eigenvalue weighted by molar-refractivity contribution is 0.905. The first kappa shape index (κ1) is 14.1. The highest BCUT2D eigenvalue weighted by atomic mass is 79.9. The minimum absolute atomic E-state index is 0.711. The summed E-state index contributed by atoms with van der Waals surface area (Å²) in [5.74, 6) is 1.02. The molecule has 0 radical (unpaired) electrons. The fourth-order valence-electron chi connectivity index (χ4n) is 1.49. The van der Waals surface area contributed by atoms with Crippen LogP contribution >= 0.6 is 39.0 Å². The van der Waals surface area contributed by atoms with Crippen LogP contribution in [0.4, 0.5) is 0 Å². The molecule has 0 amide bonds. The predicted molar refractivity (Wildman–Crippen MR) is 86.3 cm³/mol. The number of benzene rings is 1. The molecule has 2 rings (SSSR count). The molecule has 0 aliphatic heterocycles. The minimum Gasteiger partial charge on any atom is -0.240 e. The molecule has 1 heterocycles. The molecule has 0 spiro atoms. The van der Waals surface area contributed by atoms with E-state index in [0.717, 1.165) is 15.9 Å². The van der Waals surface area contributed by atoms with Crippen molar-refractivity contribution in [1.82, 2.24) is 4.98 Å². The summed E-state index contributed by atoms with van der Waals surface area (Å²) in [7, 11) is 0. The molecule has 0 bridgehead atoms. The highest BCUT2D eigenvalue weighted by Gasteiger charge is 2.06. The number of thioether (sulfide) groups is 1. The third-order valence-electron chi connectivity index (χ3n) is 2.74. The molecule has 1 aromatic carbocycles. The van der Waals surface area contributed by atoms with E-state index in [-0.39, 0.29) is 0 Å². The highest BCUT2D eigenvalue weighted by Crippen LogP contribution is 2.27. The lowest BCUT2D eigenvalue weighted by atomic mass is 10.2. The van der Waals surface area contributed by atoms with Gasteiger partial charge in [-0.1, -0.05) is 41.9 Å². The van der Waals surface area contributed by atoms with Crippen LogP contribution in [0.3, 0.4) is 0 Å². The molecule has 0 saturated carbocycles. The van der Waals surface area contributed by atoms with E-state index in [9.17, 15) is 0 Å². The van der Waals surface area contributed by atoms with E-state index < -0.39 is 0 Å². The predicted octanol–water partition coefficient (Wildman–Crippen LogP) is 5.60. The Morgan fingerprint density at radius 1 is 1.44 bits per heavy atom. The van der Waals surface area contributed by atoms with E-state index in [0.29, 0.717) is 5.25 Å². The van der Waals surface area contributed by atoms with Crippen LogP contribution in [-0.4, -0.2) is 10.2 Å². The molecule has 0 N–H and O–H groups in total. The molecular formula is C14H16BrNS2. The van der Waals surface area contributed by atoms with Crippen molar-refractivity contribution in [2.45, 2.75) is 31.3 Å². The quantitative estimate of drug-likeness (QED) is 0.701. The maximum atomic E-state index is 4.70. The summed E-state index contributed by atoms with van der Waals surface area (Å²) in [5.41, 5.74) is 2.27. The van der Waals surface area contributed by atoms with Crippen molar-refractivity contribution in [1.29, 1.82) is 0 Å². The molecule has 0 saturated heterocycles. The van der Waals surface area contributed by atoms with Crippen LogP contribution in [0.25, 0.3) is 11.3 Å². The molecule has 2 aromatic rings. The van der Waals surface area contributed by atoms with Crippen molar-refractivity contribution in [2.24, 2.45) is 0 Å². The molecule has 1 aromatic heterocycles. The van der Waals surface area contributed by atoms with Gasteiger partial charge in [0, 0.05) is 26.4 Å². The van der Waals surface area contributed by atoms with Gasteiger partial charge in [0.15, 0.2) is 0 Å². The van der Waals surface area contributed by atoms with Gasteiger partial charge < -0.3 is 0 Å². The summed E-state index contributed by atoms with van der Waals surface area (Å²) in [6, 6.07) is 8.30. The molecule has 4 heteroatoms. The number of nitrogens with zero attached hydrogens (tertiary/aromatic N) is 1. The highest BCUT2D eigenvalue weighted by molar-refractivity contribution is 9.10. The van der Waals surface area contributed by atoms with Crippen LogP contribution in [0, 0.1) is 0 Å². The summed E-state index contributed by atoms with van der Waals surface area (Å²) in [5, 5.41) is 4.08. The second-order valence-corrected chi connectivity index (χ2v) is 7.45. The van der Waals surface area contributed by atoms with Gasteiger partial charge in [-0.05, 0) is 18.6 Å². The van der Waals surface area contributed by atoms with Gasteiger partial charge in [0.1, 0.15) is 5.01 Å². The van der Waals surface area contributed by atoms with Crippen molar-refractivity contribution in [3.05, 3.63) is 39.1 Å². The van der Waals surface area contributed by atoms with Crippen molar-refractivity contribution in [3.8, 4) is 11.3 Å². The van der Waals surface area contributed by atoms with Crippen molar-refractivity contribution < 1.29 is 0 Å². The van der Waals surface area contributed by atoms with Gasteiger partial charge in [-0.3, -0.25) is 0 Å². The SMILES string of the molecule is CCC(C)SCc1nc(-c2cccc(Br)c2)cs1. The van der Waals surface area contributed by atoms with Gasteiger partial charge in [-0.15, -0.1) is 11.3 Å². The molecule has 96 valence electrons.